The summed E-state index contributed by atoms with van der Waals surface area (Å²) >= 11 is 0. The van der Waals surface area contributed by atoms with Crippen molar-refractivity contribution in [1.29, 1.82) is 0 Å². The molecule has 126 valence electrons. The van der Waals surface area contributed by atoms with Crippen LogP contribution in [0.1, 0.15) is 47.5 Å². The molecule has 0 aromatic heterocycles. The van der Waals surface area contributed by atoms with Gasteiger partial charge in [-0.3, -0.25) is 4.79 Å². The van der Waals surface area contributed by atoms with E-state index in [2.05, 4.69) is 17.4 Å². The highest BCUT2D eigenvalue weighted by atomic mass is 16.5. The van der Waals surface area contributed by atoms with E-state index in [1.54, 1.807) is 32.4 Å². The molecular formula is C20H23NO3. The van der Waals surface area contributed by atoms with Crippen LogP contribution in [0.25, 0.3) is 0 Å². The molecule has 0 spiro atoms. The minimum Gasteiger partial charge on any atom is -0.493 e. The molecular weight excluding hydrogens is 302 g/mol. The van der Waals surface area contributed by atoms with Gasteiger partial charge in [-0.15, -0.1) is 0 Å². The molecule has 0 saturated heterocycles. The topological polar surface area (TPSA) is 47.6 Å². The summed E-state index contributed by atoms with van der Waals surface area (Å²) in [7, 11) is 3.13. The van der Waals surface area contributed by atoms with Crippen LogP contribution in [0.2, 0.25) is 0 Å². The molecule has 2 aromatic rings. The lowest BCUT2D eigenvalue weighted by Gasteiger charge is -2.12. The van der Waals surface area contributed by atoms with Crippen LogP contribution in [0.3, 0.4) is 0 Å². The van der Waals surface area contributed by atoms with E-state index in [1.165, 1.54) is 31.2 Å². The number of rotatable bonds is 5. The number of hydrogen-bond acceptors (Lipinski definition) is 3. The van der Waals surface area contributed by atoms with Crippen LogP contribution in [0.15, 0.2) is 42.5 Å². The Balaban J connectivity index is 1.70. The highest BCUT2D eigenvalue weighted by Crippen LogP contribution is 2.34. The summed E-state index contributed by atoms with van der Waals surface area (Å²) in [5.41, 5.74) is 2.71. The smallest absolute Gasteiger partial charge is 0.255 e. The molecule has 4 heteroatoms. The number of benzene rings is 2. The van der Waals surface area contributed by atoms with Crippen LogP contribution < -0.4 is 14.8 Å². The summed E-state index contributed by atoms with van der Waals surface area (Å²) in [6.07, 6.45) is 5.19. The molecule has 1 saturated carbocycles. The van der Waals surface area contributed by atoms with Crippen molar-refractivity contribution in [1.82, 2.24) is 0 Å². The Morgan fingerprint density at radius 3 is 2.25 bits per heavy atom. The number of carbonyl (C=O) groups is 1. The molecule has 1 N–H and O–H groups in total. The molecule has 1 aliphatic rings. The van der Waals surface area contributed by atoms with Crippen LogP contribution >= 0.6 is 0 Å². The molecule has 0 unspecified atom stereocenters. The zero-order chi connectivity index (χ0) is 16.9. The number of anilines is 1. The van der Waals surface area contributed by atoms with Gasteiger partial charge in [0.25, 0.3) is 5.91 Å². The van der Waals surface area contributed by atoms with Crippen molar-refractivity contribution in [3.05, 3.63) is 53.6 Å². The minimum atomic E-state index is -0.162. The molecule has 0 heterocycles. The van der Waals surface area contributed by atoms with Crippen molar-refractivity contribution in [2.75, 3.05) is 19.5 Å². The molecule has 0 bridgehead atoms. The molecule has 0 aliphatic heterocycles. The summed E-state index contributed by atoms with van der Waals surface area (Å²) in [6.45, 7) is 0. The zero-order valence-electron chi connectivity index (χ0n) is 14.2. The van der Waals surface area contributed by atoms with E-state index < -0.39 is 0 Å². The van der Waals surface area contributed by atoms with Gasteiger partial charge in [0.1, 0.15) is 0 Å². The van der Waals surface area contributed by atoms with E-state index in [4.69, 9.17) is 9.47 Å². The Morgan fingerprint density at radius 1 is 0.958 bits per heavy atom. The number of amides is 1. The minimum absolute atomic E-state index is 0.162. The standard InChI is InChI=1S/C20H23NO3/c1-23-18-12-9-16(13-19(18)24-2)20(22)21-17-10-7-15(8-11-17)14-5-3-4-6-14/h7-14H,3-6H2,1-2H3,(H,21,22). The number of hydrogen-bond donors (Lipinski definition) is 1. The first-order valence-electron chi connectivity index (χ1n) is 8.34. The molecule has 2 aromatic carbocycles. The Kier molecular flexibility index (Phi) is 5.04. The molecule has 0 radical (unpaired) electrons. The van der Waals surface area contributed by atoms with E-state index in [9.17, 15) is 4.79 Å². The molecule has 4 nitrogen and oxygen atoms in total. The van der Waals surface area contributed by atoms with Crippen molar-refractivity contribution in [3.63, 3.8) is 0 Å². The first-order chi connectivity index (χ1) is 11.7. The summed E-state index contributed by atoms with van der Waals surface area (Å²) < 4.78 is 10.4. The Morgan fingerprint density at radius 2 is 1.62 bits per heavy atom. The van der Waals surface area contributed by atoms with Crippen LogP contribution in [0.5, 0.6) is 11.5 Å². The highest BCUT2D eigenvalue weighted by molar-refractivity contribution is 6.04. The second-order valence-corrected chi connectivity index (χ2v) is 6.13. The quantitative estimate of drug-likeness (QED) is 0.873. The average Bonchev–Trinajstić information content (AvgIpc) is 3.16. The van der Waals surface area contributed by atoms with E-state index >= 15 is 0 Å². The molecule has 1 amide bonds. The highest BCUT2D eigenvalue weighted by Gasteiger charge is 2.17. The SMILES string of the molecule is COc1ccc(C(=O)Nc2ccc(C3CCCC3)cc2)cc1OC. The maximum Gasteiger partial charge on any atom is 0.255 e. The van der Waals surface area contributed by atoms with Crippen LogP contribution in [-0.2, 0) is 0 Å². The van der Waals surface area contributed by atoms with Gasteiger partial charge < -0.3 is 14.8 Å². The fraction of sp³-hybridized carbons (Fsp3) is 0.350. The summed E-state index contributed by atoms with van der Waals surface area (Å²) in [6, 6.07) is 13.3. The fourth-order valence-corrected chi connectivity index (χ4v) is 3.28. The van der Waals surface area contributed by atoms with E-state index in [0.717, 1.165) is 5.69 Å². The van der Waals surface area contributed by atoms with Gasteiger partial charge in [-0.1, -0.05) is 25.0 Å². The van der Waals surface area contributed by atoms with Crippen molar-refractivity contribution >= 4 is 11.6 Å². The molecule has 1 aliphatic carbocycles. The third-order valence-corrected chi connectivity index (χ3v) is 4.64. The van der Waals surface area contributed by atoms with Crippen LogP contribution in [-0.4, -0.2) is 20.1 Å². The summed E-state index contributed by atoms with van der Waals surface area (Å²) in [4.78, 5) is 12.4. The molecule has 3 rings (SSSR count). The van der Waals surface area contributed by atoms with Gasteiger partial charge in [0.15, 0.2) is 11.5 Å². The van der Waals surface area contributed by atoms with E-state index in [1.807, 2.05) is 12.1 Å². The Bertz CT molecular complexity index is 703. The number of methoxy groups -OCH3 is 2. The second kappa shape index (κ2) is 7.39. The average molecular weight is 325 g/mol. The maximum absolute atomic E-state index is 12.4. The summed E-state index contributed by atoms with van der Waals surface area (Å²) in [5, 5.41) is 2.93. The summed E-state index contributed by atoms with van der Waals surface area (Å²) in [5.74, 6) is 1.67. The third-order valence-electron chi connectivity index (χ3n) is 4.64. The van der Waals surface area contributed by atoms with E-state index in [-0.39, 0.29) is 5.91 Å². The lowest BCUT2D eigenvalue weighted by Crippen LogP contribution is -2.12. The van der Waals surface area contributed by atoms with Gasteiger partial charge in [-0.2, -0.15) is 0 Å². The Labute approximate surface area is 142 Å². The van der Waals surface area contributed by atoms with Crippen molar-refractivity contribution < 1.29 is 14.3 Å². The van der Waals surface area contributed by atoms with Crippen molar-refractivity contribution in [2.45, 2.75) is 31.6 Å². The number of nitrogens with one attached hydrogen (secondary N) is 1. The second-order valence-electron chi connectivity index (χ2n) is 6.13. The molecule has 0 atom stereocenters. The zero-order valence-corrected chi connectivity index (χ0v) is 14.2. The van der Waals surface area contributed by atoms with Crippen molar-refractivity contribution in [3.8, 4) is 11.5 Å². The predicted molar refractivity (Wildman–Crippen MR) is 95.2 cm³/mol. The van der Waals surface area contributed by atoms with Crippen LogP contribution in [0.4, 0.5) is 5.69 Å². The number of ether oxygens (including phenoxy) is 2. The fourth-order valence-electron chi connectivity index (χ4n) is 3.28. The van der Waals surface area contributed by atoms with Gasteiger partial charge in [0, 0.05) is 11.3 Å². The van der Waals surface area contributed by atoms with E-state index in [0.29, 0.717) is 23.0 Å². The van der Waals surface area contributed by atoms with Crippen molar-refractivity contribution in [2.24, 2.45) is 0 Å². The monoisotopic (exact) mass is 325 g/mol. The normalized spacial score (nSPS) is 14.4. The van der Waals surface area contributed by atoms with Gasteiger partial charge in [-0.05, 0) is 54.7 Å². The first kappa shape index (κ1) is 16.4. The third kappa shape index (κ3) is 3.53. The van der Waals surface area contributed by atoms with Gasteiger partial charge in [-0.25, -0.2) is 0 Å². The lowest BCUT2D eigenvalue weighted by atomic mass is 9.97. The maximum atomic E-state index is 12.4. The predicted octanol–water partition coefficient (Wildman–Crippen LogP) is 4.61. The van der Waals surface area contributed by atoms with Gasteiger partial charge in [0.05, 0.1) is 14.2 Å². The largest absolute Gasteiger partial charge is 0.493 e. The number of carbonyl (C=O) groups excluding carboxylic acids is 1. The van der Waals surface area contributed by atoms with Gasteiger partial charge >= 0.3 is 0 Å². The first-order valence-corrected chi connectivity index (χ1v) is 8.34. The van der Waals surface area contributed by atoms with Crippen LogP contribution in [0, 0.1) is 0 Å². The molecule has 24 heavy (non-hydrogen) atoms. The Hall–Kier alpha value is -2.49. The lowest BCUT2D eigenvalue weighted by molar-refractivity contribution is 0.102. The molecule has 1 fully saturated rings. The van der Waals surface area contributed by atoms with Gasteiger partial charge in [0.2, 0.25) is 0 Å².